The third-order valence-corrected chi connectivity index (χ3v) is 2.16. The Bertz CT molecular complexity index is 581. The minimum absolute atomic E-state index is 0.0556. The van der Waals surface area contributed by atoms with Gasteiger partial charge in [-0.15, -0.1) is 0 Å². The summed E-state index contributed by atoms with van der Waals surface area (Å²) in [6.07, 6.45) is -3.34. The van der Waals surface area contributed by atoms with Gasteiger partial charge in [0.2, 0.25) is 0 Å². The highest BCUT2D eigenvalue weighted by Crippen LogP contribution is 2.32. The number of hydrogen-bond acceptors (Lipinski definition) is 3. The Labute approximate surface area is 99.3 Å². The predicted octanol–water partition coefficient (Wildman–Crippen LogP) is 2.88. The largest absolute Gasteiger partial charge is 0.416 e. The van der Waals surface area contributed by atoms with Crippen molar-refractivity contribution in [1.29, 1.82) is 0 Å². The summed E-state index contributed by atoms with van der Waals surface area (Å²) in [4.78, 5) is 7.49. The van der Waals surface area contributed by atoms with Gasteiger partial charge in [-0.2, -0.15) is 13.2 Å². The van der Waals surface area contributed by atoms with Crippen molar-refractivity contribution in [2.24, 2.45) is 0 Å². The zero-order chi connectivity index (χ0) is 13.3. The number of aromatic nitrogens is 2. The molecular weight excluding hydrogens is 250 g/mol. The maximum atomic E-state index is 13.2. The van der Waals surface area contributed by atoms with Gasteiger partial charge in [0.25, 0.3) is 0 Å². The van der Waals surface area contributed by atoms with E-state index >= 15 is 0 Å². The van der Waals surface area contributed by atoms with Crippen molar-refractivity contribution < 1.29 is 17.6 Å². The van der Waals surface area contributed by atoms with E-state index in [9.17, 15) is 17.6 Å². The molecule has 0 aliphatic heterocycles. The highest BCUT2D eigenvalue weighted by Gasteiger charge is 2.31. The van der Waals surface area contributed by atoms with Crippen molar-refractivity contribution in [3.8, 4) is 11.4 Å². The number of hydrogen-bond donors (Lipinski definition) is 1. The van der Waals surface area contributed by atoms with Crippen LogP contribution in [0.25, 0.3) is 11.4 Å². The molecule has 7 heteroatoms. The van der Waals surface area contributed by atoms with Gasteiger partial charge in [-0.1, -0.05) is 0 Å². The summed E-state index contributed by atoms with van der Waals surface area (Å²) in [5.74, 6) is -0.969. The second-order valence-corrected chi connectivity index (χ2v) is 3.53. The quantitative estimate of drug-likeness (QED) is 0.799. The highest BCUT2D eigenvalue weighted by molar-refractivity contribution is 5.58. The Morgan fingerprint density at radius 2 is 1.83 bits per heavy atom. The van der Waals surface area contributed by atoms with Gasteiger partial charge >= 0.3 is 6.18 Å². The van der Waals surface area contributed by atoms with Crippen LogP contribution in [0, 0.1) is 5.82 Å². The van der Waals surface area contributed by atoms with E-state index < -0.39 is 17.6 Å². The first kappa shape index (κ1) is 12.3. The van der Waals surface area contributed by atoms with Gasteiger partial charge in [-0.05, 0) is 24.3 Å². The number of rotatable bonds is 1. The number of halogens is 4. The van der Waals surface area contributed by atoms with Gasteiger partial charge in [0.05, 0.1) is 5.56 Å². The molecule has 18 heavy (non-hydrogen) atoms. The predicted molar refractivity (Wildman–Crippen MR) is 56.8 cm³/mol. The molecule has 0 bridgehead atoms. The van der Waals surface area contributed by atoms with E-state index in [0.717, 1.165) is 12.1 Å². The van der Waals surface area contributed by atoms with E-state index in [-0.39, 0.29) is 17.2 Å². The molecule has 0 amide bonds. The summed E-state index contributed by atoms with van der Waals surface area (Å²) >= 11 is 0. The van der Waals surface area contributed by atoms with Gasteiger partial charge in [-0.3, -0.25) is 0 Å². The lowest BCUT2D eigenvalue weighted by molar-refractivity contribution is -0.137. The van der Waals surface area contributed by atoms with Crippen LogP contribution in [-0.4, -0.2) is 9.97 Å². The topological polar surface area (TPSA) is 51.8 Å². The Morgan fingerprint density at radius 1 is 1.11 bits per heavy atom. The van der Waals surface area contributed by atoms with Crippen LogP contribution >= 0.6 is 0 Å². The van der Waals surface area contributed by atoms with E-state index in [1.54, 1.807) is 0 Å². The number of nitrogens with zero attached hydrogens (tertiary/aromatic N) is 2. The molecule has 0 atom stereocenters. The third kappa shape index (κ3) is 2.55. The normalized spacial score (nSPS) is 11.6. The Hall–Kier alpha value is -2.18. The molecule has 0 radical (unpaired) electrons. The first-order valence-corrected chi connectivity index (χ1v) is 4.83. The summed E-state index contributed by atoms with van der Waals surface area (Å²) < 4.78 is 50.7. The molecule has 0 saturated carbocycles. The molecule has 2 N–H and O–H groups in total. The standard InChI is InChI=1S/C11H7F4N3/c12-8-4-6(3-7(5-8)11(13,14)15)10-17-2-1-9(16)18-10/h1-5H,(H2,16,17,18). The lowest BCUT2D eigenvalue weighted by Gasteiger charge is -2.08. The molecule has 0 unspecified atom stereocenters. The van der Waals surface area contributed by atoms with Gasteiger partial charge in [-0.25, -0.2) is 14.4 Å². The second-order valence-electron chi connectivity index (χ2n) is 3.53. The second kappa shape index (κ2) is 4.25. The smallest absolute Gasteiger partial charge is 0.384 e. The van der Waals surface area contributed by atoms with Crippen LogP contribution in [0.5, 0.6) is 0 Å². The van der Waals surface area contributed by atoms with Crippen LogP contribution in [-0.2, 0) is 6.18 Å². The number of alkyl halides is 3. The Balaban J connectivity index is 2.55. The lowest BCUT2D eigenvalue weighted by atomic mass is 10.1. The molecule has 2 aromatic rings. The van der Waals surface area contributed by atoms with E-state index in [1.165, 1.54) is 12.3 Å². The van der Waals surface area contributed by atoms with Crippen molar-refractivity contribution in [3.63, 3.8) is 0 Å². The maximum absolute atomic E-state index is 13.2. The minimum atomic E-state index is -4.63. The van der Waals surface area contributed by atoms with Gasteiger partial charge < -0.3 is 5.73 Å². The van der Waals surface area contributed by atoms with Gasteiger partial charge in [0.1, 0.15) is 11.6 Å². The third-order valence-electron chi connectivity index (χ3n) is 2.16. The van der Waals surface area contributed by atoms with Crippen LogP contribution in [0.2, 0.25) is 0 Å². The van der Waals surface area contributed by atoms with Crippen molar-refractivity contribution in [2.45, 2.75) is 6.18 Å². The zero-order valence-electron chi connectivity index (χ0n) is 8.87. The van der Waals surface area contributed by atoms with Crippen LogP contribution in [0.1, 0.15) is 5.56 Å². The van der Waals surface area contributed by atoms with Crippen molar-refractivity contribution in [2.75, 3.05) is 5.73 Å². The summed E-state index contributed by atoms with van der Waals surface area (Å²) in [5.41, 5.74) is 4.22. The summed E-state index contributed by atoms with van der Waals surface area (Å²) in [7, 11) is 0. The van der Waals surface area contributed by atoms with Crippen molar-refractivity contribution in [1.82, 2.24) is 9.97 Å². The number of nitrogens with two attached hydrogens (primary N) is 1. The summed E-state index contributed by atoms with van der Waals surface area (Å²) in [6, 6.07) is 3.49. The van der Waals surface area contributed by atoms with E-state index in [1.807, 2.05) is 0 Å². The summed E-state index contributed by atoms with van der Waals surface area (Å²) in [5, 5.41) is 0. The fourth-order valence-corrected chi connectivity index (χ4v) is 1.39. The number of anilines is 1. The average molecular weight is 257 g/mol. The first-order chi connectivity index (χ1) is 8.36. The lowest BCUT2D eigenvalue weighted by Crippen LogP contribution is -2.06. The monoisotopic (exact) mass is 257 g/mol. The Morgan fingerprint density at radius 3 is 2.44 bits per heavy atom. The van der Waals surface area contributed by atoms with E-state index in [2.05, 4.69) is 9.97 Å². The molecular formula is C11H7F4N3. The maximum Gasteiger partial charge on any atom is 0.416 e. The van der Waals surface area contributed by atoms with Gasteiger partial charge in [0, 0.05) is 11.8 Å². The zero-order valence-corrected chi connectivity index (χ0v) is 8.87. The fourth-order valence-electron chi connectivity index (χ4n) is 1.39. The minimum Gasteiger partial charge on any atom is -0.384 e. The Kier molecular flexibility index (Phi) is 2.90. The first-order valence-electron chi connectivity index (χ1n) is 4.83. The molecule has 0 saturated heterocycles. The van der Waals surface area contributed by atoms with E-state index in [4.69, 9.17) is 5.73 Å². The molecule has 1 aromatic carbocycles. The van der Waals surface area contributed by atoms with E-state index in [0.29, 0.717) is 6.07 Å². The molecule has 1 heterocycles. The van der Waals surface area contributed by atoms with Crippen LogP contribution < -0.4 is 5.73 Å². The van der Waals surface area contributed by atoms with Crippen molar-refractivity contribution >= 4 is 5.82 Å². The van der Waals surface area contributed by atoms with Crippen LogP contribution in [0.4, 0.5) is 23.4 Å². The van der Waals surface area contributed by atoms with Crippen LogP contribution in [0.3, 0.4) is 0 Å². The molecule has 94 valence electrons. The average Bonchev–Trinajstić information content (AvgIpc) is 2.27. The fraction of sp³-hybridized carbons (Fsp3) is 0.0909. The highest BCUT2D eigenvalue weighted by atomic mass is 19.4. The molecule has 0 fully saturated rings. The number of benzene rings is 1. The molecule has 2 rings (SSSR count). The number of nitrogen functional groups attached to an aromatic ring is 1. The molecule has 0 aliphatic carbocycles. The molecule has 0 aliphatic rings. The van der Waals surface area contributed by atoms with Crippen LogP contribution in [0.15, 0.2) is 30.5 Å². The van der Waals surface area contributed by atoms with Gasteiger partial charge in [0.15, 0.2) is 5.82 Å². The summed E-state index contributed by atoms with van der Waals surface area (Å²) in [6.45, 7) is 0. The molecule has 3 nitrogen and oxygen atoms in total. The van der Waals surface area contributed by atoms with Crippen molar-refractivity contribution in [3.05, 3.63) is 41.8 Å². The SMILES string of the molecule is Nc1ccnc(-c2cc(F)cc(C(F)(F)F)c2)n1. The molecule has 1 aromatic heterocycles. The molecule has 0 spiro atoms.